The summed E-state index contributed by atoms with van der Waals surface area (Å²) in [6.45, 7) is 10.7. The molecule has 21 heavy (non-hydrogen) atoms. The molecule has 1 aliphatic heterocycles. The summed E-state index contributed by atoms with van der Waals surface area (Å²) >= 11 is 0. The van der Waals surface area contributed by atoms with E-state index < -0.39 is 0 Å². The van der Waals surface area contributed by atoms with E-state index in [9.17, 15) is 4.79 Å². The van der Waals surface area contributed by atoms with Crippen LogP contribution in [0.3, 0.4) is 0 Å². The van der Waals surface area contributed by atoms with Crippen LogP contribution in [0.4, 0.5) is 0 Å². The first-order chi connectivity index (χ1) is 9.91. The van der Waals surface area contributed by atoms with Crippen LogP contribution in [0.2, 0.25) is 0 Å². The van der Waals surface area contributed by atoms with Crippen molar-refractivity contribution < 1.29 is 9.53 Å². The van der Waals surface area contributed by atoms with Gasteiger partial charge in [0, 0.05) is 37.3 Å². The van der Waals surface area contributed by atoms with E-state index in [2.05, 4.69) is 31.0 Å². The molecule has 1 saturated heterocycles. The molecule has 0 saturated carbocycles. The van der Waals surface area contributed by atoms with E-state index in [4.69, 9.17) is 4.74 Å². The maximum atomic E-state index is 12.5. The molecule has 1 aliphatic rings. The van der Waals surface area contributed by atoms with E-state index in [0.29, 0.717) is 6.54 Å². The summed E-state index contributed by atoms with van der Waals surface area (Å²) in [5.74, 6) is 1.03. The molecule has 0 spiro atoms. The van der Waals surface area contributed by atoms with Gasteiger partial charge in [-0.3, -0.25) is 9.69 Å². The van der Waals surface area contributed by atoms with Crippen molar-refractivity contribution in [3.05, 3.63) is 29.3 Å². The lowest BCUT2D eigenvalue weighted by molar-refractivity contribution is 0.0921. The lowest BCUT2D eigenvalue weighted by atomic mass is 9.85. The fraction of sp³-hybridized carbons (Fsp3) is 0.588. The van der Waals surface area contributed by atoms with E-state index >= 15 is 0 Å². The summed E-state index contributed by atoms with van der Waals surface area (Å²) in [6.07, 6.45) is 0. The van der Waals surface area contributed by atoms with Gasteiger partial charge in [-0.2, -0.15) is 0 Å². The molecule has 4 nitrogen and oxygen atoms in total. The average Bonchev–Trinajstić information content (AvgIpc) is 2.46. The van der Waals surface area contributed by atoms with Gasteiger partial charge in [0.05, 0.1) is 13.7 Å². The number of piperazine rings is 1. The number of nitrogens with zero attached hydrogens (tertiary/aromatic N) is 1. The van der Waals surface area contributed by atoms with E-state index in [1.54, 1.807) is 7.11 Å². The van der Waals surface area contributed by atoms with Crippen LogP contribution in [0.1, 0.15) is 36.7 Å². The summed E-state index contributed by atoms with van der Waals surface area (Å²) in [7, 11) is 1.67. The number of benzene rings is 1. The summed E-state index contributed by atoms with van der Waals surface area (Å²) in [5, 5.41) is 3.30. The highest BCUT2D eigenvalue weighted by molar-refractivity contribution is 5.98. The highest BCUT2D eigenvalue weighted by atomic mass is 16.5. The Morgan fingerprint density at radius 3 is 2.52 bits per heavy atom. The van der Waals surface area contributed by atoms with Crippen LogP contribution in [0.25, 0.3) is 0 Å². The first kappa shape index (κ1) is 16.0. The Morgan fingerprint density at radius 1 is 1.29 bits per heavy atom. The maximum absolute atomic E-state index is 12.5. The zero-order chi connectivity index (χ0) is 15.5. The van der Waals surface area contributed by atoms with Crippen molar-refractivity contribution >= 4 is 5.78 Å². The van der Waals surface area contributed by atoms with Gasteiger partial charge < -0.3 is 10.1 Å². The number of ether oxygens (including phenoxy) is 1. The van der Waals surface area contributed by atoms with Crippen molar-refractivity contribution in [2.45, 2.75) is 26.2 Å². The number of hydrogen-bond acceptors (Lipinski definition) is 4. The van der Waals surface area contributed by atoms with E-state index in [1.165, 1.54) is 0 Å². The molecule has 0 radical (unpaired) electrons. The van der Waals surface area contributed by atoms with E-state index in [1.807, 2.05) is 18.2 Å². The van der Waals surface area contributed by atoms with Crippen molar-refractivity contribution in [1.29, 1.82) is 0 Å². The van der Waals surface area contributed by atoms with Crippen molar-refractivity contribution in [2.75, 3.05) is 39.8 Å². The third-order valence-corrected chi connectivity index (χ3v) is 3.91. The minimum atomic E-state index is -0.0450. The number of carbonyl (C=O) groups excluding carboxylic acids is 1. The largest absolute Gasteiger partial charge is 0.496 e. The predicted molar refractivity (Wildman–Crippen MR) is 85.3 cm³/mol. The third kappa shape index (κ3) is 4.05. The van der Waals surface area contributed by atoms with Gasteiger partial charge in [0.25, 0.3) is 0 Å². The fourth-order valence-corrected chi connectivity index (χ4v) is 2.63. The Balaban J connectivity index is 2.17. The van der Waals surface area contributed by atoms with Gasteiger partial charge in [0.15, 0.2) is 5.78 Å². The minimum Gasteiger partial charge on any atom is -0.496 e. The normalized spacial score (nSPS) is 16.8. The zero-order valence-corrected chi connectivity index (χ0v) is 13.5. The second kappa shape index (κ2) is 6.58. The highest BCUT2D eigenvalue weighted by Gasteiger charge is 2.21. The topological polar surface area (TPSA) is 41.6 Å². The molecule has 0 aliphatic carbocycles. The Kier molecular flexibility index (Phi) is 5.01. The maximum Gasteiger partial charge on any atom is 0.176 e. The Labute approximate surface area is 127 Å². The Morgan fingerprint density at radius 2 is 1.95 bits per heavy atom. The molecule has 1 aromatic rings. The lowest BCUT2D eigenvalue weighted by Gasteiger charge is -2.27. The lowest BCUT2D eigenvalue weighted by Crippen LogP contribution is -2.45. The van der Waals surface area contributed by atoms with Gasteiger partial charge >= 0.3 is 0 Å². The number of rotatable bonds is 4. The number of ketones is 1. The molecule has 2 rings (SSSR count). The van der Waals surface area contributed by atoms with Gasteiger partial charge in [0.1, 0.15) is 5.75 Å². The molecule has 0 bridgehead atoms. The van der Waals surface area contributed by atoms with Crippen LogP contribution < -0.4 is 10.1 Å². The zero-order valence-electron chi connectivity index (χ0n) is 13.5. The van der Waals surface area contributed by atoms with Gasteiger partial charge in [-0.1, -0.05) is 20.8 Å². The molecule has 1 N–H and O–H groups in total. The minimum absolute atomic E-state index is 0.0450. The van der Waals surface area contributed by atoms with Crippen LogP contribution in [0.5, 0.6) is 5.75 Å². The van der Waals surface area contributed by atoms with Crippen LogP contribution in [0, 0.1) is 0 Å². The van der Waals surface area contributed by atoms with Crippen LogP contribution in [0.15, 0.2) is 18.2 Å². The van der Waals surface area contributed by atoms with Crippen molar-refractivity contribution in [3.8, 4) is 5.75 Å². The van der Waals surface area contributed by atoms with Crippen LogP contribution >= 0.6 is 0 Å². The van der Waals surface area contributed by atoms with Gasteiger partial charge in [-0.25, -0.2) is 0 Å². The van der Waals surface area contributed by atoms with Gasteiger partial charge in [-0.15, -0.1) is 0 Å². The van der Waals surface area contributed by atoms with Crippen molar-refractivity contribution in [1.82, 2.24) is 10.2 Å². The average molecular weight is 290 g/mol. The molecule has 0 unspecified atom stereocenters. The van der Waals surface area contributed by atoms with E-state index in [0.717, 1.165) is 43.1 Å². The molecule has 116 valence electrons. The molecule has 1 heterocycles. The standard InChI is InChI=1S/C17H26N2O2/c1-17(2,3)14-11-13(5-6-16(14)21-4)15(20)12-19-9-7-18-8-10-19/h5-6,11,18H,7-10,12H2,1-4H3. The van der Waals surface area contributed by atoms with Gasteiger partial charge in [0.2, 0.25) is 0 Å². The van der Waals surface area contributed by atoms with Crippen molar-refractivity contribution in [2.24, 2.45) is 0 Å². The molecule has 0 aromatic heterocycles. The SMILES string of the molecule is COc1ccc(C(=O)CN2CCNCC2)cc1C(C)(C)C. The quantitative estimate of drug-likeness (QED) is 0.862. The Bertz CT molecular complexity index is 500. The highest BCUT2D eigenvalue weighted by Crippen LogP contribution is 2.32. The molecule has 1 aromatic carbocycles. The second-order valence-electron chi connectivity index (χ2n) is 6.61. The molecule has 4 heteroatoms. The molecular weight excluding hydrogens is 264 g/mol. The van der Waals surface area contributed by atoms with Crippen molar-refractivity contribution in [3.63, 3.8) is 0 Å². The summed E-state index contributed by atoms with van der Waals surface area (Å²) in [4.78, 5) is 14.7. The predicted octanol–water partition coefficient (Wildman–Crippen LogP) is 2.08. The number of hydrogen-bond donors (Lipinski definition) is 1. The fourth-order valence-electron chi connectivity index (χ4n) is 2.63. The molecule has 0 amide bonds. The van der Waals surface area contributed by atoms with Crippen LogP contribution in [-0.2, 0) is 5.41 Å². The third-order valence-electron chi connectivity index (χ3n) is 3.91. The smallest absolute Gasteiger partial charge is 0.176 e. The first-order valence-electron chi connectivity index (χ1n) is 7.56. The molecular formula is C17H26N2O2. The monoisotopic (exact) mass is 290 g/mol. The molecule has 1 fully saturated rings. The number of carbonyl (C=O) groups is 1. The number of nitrogens with one attached hydrogen (secondary N) is 1. The Hall–Kier alpha value is -1.39. The number of methoxy groups -OCH3 is 1. The van der Waals surface area contributed by atoms with E-state index in [-0.39, 0.29) is 11.2 Å². The van der Waals surface area contributed by atoms with Crippen LogP contribution in [-0.4, -0.2) is 50.5 Å². The molecule has 0 atom stereocenters. The first-order valence-corrected chi connectivity index (χ1v) is 7.56. The summed E-state index contributed by atoms with van der Waals surface area (Å²) in [6, 6.07) is 5.77. The second-order valence-corrected chi connectivity index (χ2v) is 6.61. The van der Waals surface area contributed by atoms with Gasteiger partial charge in [-0.05, 0) is 23.6 Å². The summed E-state index contributed by atoms with van der Waals surface area (Å²) < 4.78 is 5.43. The number of Topliss-reactive ketones (excluding diaryl/α,β-unsaturated/α-hetero) is 1. The summed E-state index contributed by atoms with van der Waals surface area (Å²) in [5.41, 5.74) is 1.81.